The number of pyridine rings is 2. The zero-order chi connectivity index (χ0) is 37.9. The number of fused-ring (bicyclic) bond motifs is 7. The van der Waals surface area contributed by atoms with E-state index in [1.54, 1.807) is 12.3 Å². The van der Waals surface area contributed by atoms with Gasteiger partial charge in [0, 0.05) is 42.0 Å². The van der Waals surface area contributed by atoms with Gasteiger partial charge in [-0.2, -0.15) is 0 Å². The van der Waals surface area contributed by atoms with E-state index >= 15 is 0 Å². The van der Waals surface area contributed by atoms with Crippen LogP contribution in [-0.4, -0.2) is 19.4 Å². The summed E-state index contributed by atoms with van der Waals surface area (Å²) in [5.74, 6) is -0.575. The first-order valence-corrected chi connectivity index (χ1v) is 17.8. The molecule has 1 radical (unpaired) electrons. The summed E-state index contributed by atoms with van der Waals surface area (Å²) in [4.78, 5) is 13.6. The van der Waals surface area contributed by atoms with Gasteiger partial charge in [0.1, 0.15) is 6.33 Å². The molecule has 265 valence electrons. The molecule has 0 bridgehead atoms. The van der Waals surface area contributed by atoms with E-state index in [1.807, 2.05) is 87.9 Å². The molecule has 5 aromatic heterocycles. The summed E-state index contributed by atoms with van der Waals surface area (Å²) in [6.45, 7) is 10.3. The summed E-state index contributed by atoms with van der Waals surface area (Å²) in [5, 5.41) is 3.17. The molecule has 0 spiro atoms. The largest absolute Gasteiger partial charge is 0.486 e. The van der Waals surface area contributed by atoms with Crippen LogP contribution in [0.3, 0.4) is 0 Å². The zero-order valence-electron chi connectivity index (χ0n) is 33.3. The molecule has 52 heavy (non-hydrogen) atoms. The fraction of sp³-hybridized carbons (Fsp3) is 0.283. The molecule has 1 aliphatic rings. The van der Waals surface area contributed by atoms with Crippen LogP contribution in [0.1, 0.15) is 81.4 Å². The summed E-state index contributed by atoms with van der Waals surface area (Å²) in [7, 11) is 0. The van der Waals surface area contributed by atoms with E-state index in [0.717, 1.165) is 81.2 Å². The second-order valence-corrected chi connectivity index (χ2v) is 15.4. The summed E-state index contributed by atoms with van der Waals surface area (Å²) in [6.07, 6.45) is 7.77. The van der Waals surface area contributed by atoms with Crippen molar-refractivity contribution in [2.75, 3.05) is 0 Å². The van der Waals surface area contributed by atoms with Crippen molar-refractivity contribution in [3.05, 3.63) is 133 Å². The Bertz CT molecular complexity index is 2630. The minimum atomic E-state index is -1.40. The summed E-state index contributed by atoms with van der Waals surface area (Å²) < 4.78 is 34.3. The van der Waals surface area contributed by atoms with Gasteiger partial charge in [-0.05, 0) is 84.4 Å². The Balaban J connectivity index is 0.000000199. The third-order valence-electron chi connectivity index (χ3n) is 9.82. The molecule has 8 aromatic rings. The molecular weight excluding hydrogens is 817 g/mol. The predicted molar refractivity (Wildman–Crippen MR) is 209 cm³/mol. The molecule has 0 aliphatic heterocycles. The Labute approximate surface area is 324 Å². The summed E-state index contributed by atoms with van der Waals surface area (Å²) in [5.41, 5.74) is 8.32. The molecule has 1 aliphatic carbocycles. The van der Waals surface area contributed by atoms with Crippen molar-refractivity contribution in [2.24, 2.45) is 10.8 Å². The molecule has 0 saturated heterocycles. The molecule has 3 aromatic carbocycles. The fourth-order valence-electron chi connectivity index (χ4n) is 7.13. The van der Waals surface area contributed by atoms with Crippen LogP contribution in [0.2, 0.25) is 0 Å². The van der Waals surface area contributed by atoms with E-state index in [9.17, 15) is 1.37 Å². The first kappa shape index (κ1) is 32.0. The molecule has 1 fully saturated rings. The molecule has 5 nitrogen and oxygen atoms in total. The van der Waals surface area contributed by atoms with Gasteiger partial charge in [-0.1, -0.05) is 87.0 Å². The maximum atomic E-state index is 9.22. The quantitative estimate of drug-likeness (QED) is 0.165. The number of rotatable bonds is 4. The maximum Gasteiger partial charge on any atom is 0.219 e. The van der Waals surface area contributed by atoms with Crippen molar-refractivity contribution in [1.82, 2.24) is 19.4 Å². The van der Waals surface area contributed by atoms with E-state index in [0.29, 0.717) is 16.7 Å². The molecule has 0 N–H and O–H groups in total. The van der Waals surface area contributed by atoms with Crippen LogP contribution in [0.25, 0.3) is 61.0 Å². The second kappa shape index (κ2) is 14.4. The Morgan fingerprint density at radius 3 is 2.42 bits per heavy atom. The Morgan fingerprint density at radius 2 is 1.63 bits per heavy atom. The van der Waals surface area contributed by atoms with Crippen LogP contribution in [0, 0.1) is 23.0 Å². The Hall–Kier alpha value is -4.64. The van der Waals surface area contributed by atoms with Crippen molar-refractivity contribution >= 4 is 38.5 Å². The van der Waals surface area contributed by atoms with Crippen LogP contribution < -0.4 is 0 Å². The molecule has 5 heterocycles. The van der Waals surface area contributed by atoms with Crippen LogP contribution in [0.15, 0.2) is 114 Å². The van der Waals surface area contributed by atoms with Gasteiger partial charge in [-0.15, -0.1) is 54.1 Å². The standard InChI is InChI=1S/C30H26N3O.C16H18N.Ir/c1-30(2)13-10-19(11-14-30)20-12-15-31-24(16-20)22-7-5-8-23-27-26-17-21-6-3-4-9-25(21)33(26)18-32-29(27)34-28(22)23;1-16(2,3)12-13-9-10-17-15(11-13)14-7-5-4-6-8-14;/h3-6,8-9,12,15-19H,10-11,13-14H2,1-2H3;4-7,9-11H,12H2,1-3H3;/q2*-1;/i19D;12D2;. The molecule has 0 atom stereocenters. The number of hydrogen-bond acceptors (Lipinski definition) is 4. The zero-order valence-corrected chi connectivity index (χ0v) is 32.6. The topological polar surface area (TPSA) is 56.2 Å². The smallest absolute Gasteiger partial charge is 0.219 e. The molecule has 9 rings (SSSR count). The van der Waals surface area contributed by atoms with Crippen molar-refractivity contribution in [1.29, 1.82) is 0 Å². The molecule has 1 saturated carbocycles. The molecule has 0 unspecified atom stereocenters. The number of benzene rings is 3. The molecule has 6 heteroatoms. The van der Waals surface area contributed by atoms with Crippen molar-refractivity contribution in [2.45, 2.75) is 72.6 Å². The van der Waals surface area contributed by atoms with Crippen LogP contribution in [-0.2, 0) is 26.5 Å². The van der Waals surface area contributed by atoms with Crippen molar-refractivity contribution < 1.29 is 28.6 Å². The first-order valence-electron chi connectivity index (χ1n) is 19.3. The summed E-state index contributed by atoms with van der Waals surface area (Å²) >= 11 is 0. The van der Waals surface area contributed by atoms with Crippen LogP contribution >= 0.6 is 0 Å². The predicted octanol–water partition coefficient (Wildman–Crippen LogP) is 12.1. The van der Waals surface area contributed by atoms with Crippen molar-refractivity contribution in [3.8, 4) is 22.5 Å². The number of aromatic nitrogens is 4. The monoisotopic (exact) mass is 864 g/mol. The normalized spacial score (nSPS) is 16.4. The first-order chi connectivity index (χ1) is 25.7. The van der Waals surface area contributed by atoms with E-state index < -0.39 is 17.7 Å². The molecular formula is C46H44IrN4O-2. The Morgan fingerprint density at radius 1 is 0.865 bits per heavy atom. The van der Waals surface area contributed by atoms with E-state index in [4.69, 9.17) is 7.16 Å². The minimum Gasteiger partial charge on any atom is -0.486 e. The number of para-hydroxylation sites is 1. The fourth-order valence-corrected chi connectivity index (χ4v) is 7.13. The van der Waals surface area contributed by atoms with Crippen LogP contribution in [0.4, 0.5) is 0 Å². The SMILES string of the molecule is [2H]C([2H])(c1ccnc(-c2[c-]cccc2)c1)C(C)(C)C.[2H]C1(c2ccnc(-c3[c-]ccc4c3oc3ncn5c6ccccc6cc5c34)c2)CCC(C)(C)CC1.[Ir]. The average Bonchev–Trinajstić information content (AvgIpc) is 3.75. The van der Waals surface area contributed by atoms with Gasteiger partial charge >= 0.3 is 0 Å². The summed E-state index contributed by atoms with van der Waals surface area (Å²) in [6, 6.07) is 36.2. The van der Waals surface area contributed by atoms with Gasteiger partial charge < -0.3 is 14.4 Å². The van der Waals surface area contributed by atoms with E-state index in [1.165, 1.54) is 5.39 Å². The van der Waals surface area contributed by atoms with Gasteiger partial charge in [-0.25, -0.2) is 4.98 Å². The number of hydrogen-bond donors (Lipinski definition) is 0. The van der Waals surface area contributed by atoms with Gasteiger partial charge in [0.25, 0.3) is 0 Å². The number of nitrogens with zero attached hydrogens (tertiary/aromatic N) is 4. The average molecular weight is 864 g/mol. The van der Waals surface area contributed by atoms with E-state index in [2.05, 4.69) is 75.7 Å². The van der Waals surface area contributed by atoms with E-state index in [-0.39, 0.29) is 20.1 Å². The number of furan rings is 1. The Kier molecular flexibility index (Phi) is 8.88. The van der Waals surface area contributed by atoms with Crippen molar-refractivity contribution in [3.63, 3.8) is 0 Å². The van der Waals surface area contributed by atoms with Crippen LogP contribution in [0.5, 0.6) is 0 Å². The minimum absolute atomic E-state index is 0. The third-order valence-corrected chi connectivity index (χ3v) is 9.82. The second-order valence-electron chi connectivity index (χ2n) is 15.4. The van der Waals surface area contributed by atoms with Gasteiger partial charge in [-0.3, -0.25) is 4.40 Å². The van der Waals surface area contributed by atoms with Gasteiger partial charge in [0.05, 0.1) is 22.0 Å². The third kappa shape index (κ3) is 7.33. The maximum absolute atomic E-state index is 9.22. The molecule has 0 amide bonds. The van der Waals surface area contributed by atoms with Gasteiger partial charge in [0.15, 0.2) is 0 Å². The van der Waals surface area contributed by atoms with Gasteiger partial charge in [0.2, 0.25) is 5.71 Å².